The fourth-order valence-electron chi connectivity index (χ4n) is 1.65. The van der Waals surface area contributed by atoms with Gasteiger partial charge in [-0.1, -0.05) is 0 Å². The molecule has 0 aliphatic rings. The van der Waals surface area contributed by atoms with Crippen molar-refractivity contribution >= 4 is 15.7 Å². The van der Waals surface area contributed by atoms with Crippen LogP contribution in [-0.2, 0) is 23.6 Å². The first-order chi connectivity index (χ1) is 9.94. The molecule has 1 heterocycles. The summed E-state index contributed by atoms with van der Waals surface area (Å²) in [5.74, 6) is 0.466. The van der Waals surface area contributed by atoms with E-state index in [2.05, 4.69) is 9.82 Å². The lowest BCUT2D eigenvalue weighted by molar-refractivity contribution is 0.340. The molecule has 2 aromatic rings. The molecule has 0 atom stereocenters. The summed E-state index contributed by atoms with van der Waals surface area (Å²) in [7, 11) is -1.62. The largest absolute Gasteiger partial charge is 0.492 e. The van der Waals surface area contributed by atoms with Crippen LogP contribution in [0.5, 0.6) is 5.75 Å². The lowest BCUT2D eigenvalue weighted by Gasteiger charge is -2.08. The second kappa shape index (κ2) is 6.59. The van der Waals surface area contributed by atoms with Gasteiger partial charge in [0.1, 0.15) is 12.4 Å². The molecular weight excluding hydrogens is 292 g/mol. The zero-order valence-corrected chi connectivity index (χ0v) is 12.5. The zero-order chi connectivity index (χ0) is 15.3. The third-order valence-corrected chi connectivity index (χ3v) is 4.03. The van der Waals surface area contributed by atoms with Crippen molar-refractivity contribution in [3.63, 3.8) is 0 Å². The maximum Gasteiger partial charge on any atom is 0.215 e. The van der Waals surface area contributed by atoms with Crippen molar-refractivity contribution < 1.29 is 13.2 Å². The topological polar surface area (TPSA) is 99.2 Å². The fraction of sp³-hybridized carbons (Fsp3) is 0.308. The average Bonchev–Trinajstić information content (AvgIpc) is 2.85. The molecule has 0 bridgehead atoms. The molecule has 0 saturated heterocycles. The molecule has 0 amide bonds. The molecule has 7 nitrogen and oxygen atoms in total. The molecule has 1 aromatic heterocycles. The standard InChI is InChI=1S/C13H18N4O3S/c1-17-7-6-12(16-17)10-15-21(18,19)9-8-20-13-4-2-11(14)3-5-13/h2-7,15H,8-10,14H2,1H3. The Kier molecular flexibility index (Phi) is 4.81. The third kappa shape index (κ3) is 5.09. The van der Waals surface area contributed by atoms with Crippen LogP contribution in [0.3, 0.4) is 0 Å². The van der Waals surface area contributed by atoms with Crippen LogP contribution < -0.4 is 15.2 Å². The first-order valence-electron chi connectivity index (χ1n) is 6.39. The Bertz CT molecular complexity index is 680. The molecule has 1 aromatic carbocycles. The Labute approximate surface area is 123 Å². The Morgan fingerprint density at radius 2 is 2.00 bits per heavy atom. The van der Waals surface area contributed by atoms with Gasteiger partial charge in [-0.2, -0.15) is 5.10 Å². The molecule has 0 fully saturated rings. The van der Waals surface area contributed by atoms with Gasteiger partial charge in [0.05, 0.1) is 18.0 Å². The zero-order valence-electron chi connectivity index (χ0n) is 11.7. The highest BCUT2D eigenvalue weighted by atomic mass is 32.2. The van der Waals surface area contributed by atoms with Crippen LogP contribution >= 0.6 is 0 Å². The van der Waals surface area contributed by atoms with Crippen molar-refractivity contribution in [3.8, 4) is 5.75 Å². The molecule has 0 spiro atoms. The van der Waals surface area contributed by atoms with Gasteiger partial charge >= 0.3 is 0 Å². The highest BCUT2D eigenvalue weighted by Crippen LogP contribution is 2.12. The van der Waals surface area contributed by atoms with E-state index < -0.39 is 10.0 Å². The van der Waals surface area contributed by atoms with Crippen LogP contribution in [0.2, 0.25) is 0 Å². The highest BCUT2D eigenvalue weighted by molar-refractivity contribution is 7.89. The number of nitrogens with two attached hydrogens (primary N) is 1. The minimum absolute atomic E-state index is 0.0709. The van der Waals surface area contributed by atoms with E-state index in [1.165, 1.54) is 0 Å². The van der Waals surface area contributed by atoms with Crippen molar-refractivity contribution in [2.45, 2.75) is 6.54 Å². The van der Waals surface area contributed by atoms with Crippen molar-refractivity contribution in [2.24, 2.45) is 7.05 Å². The second-order valence-corrected chi connectivity index (χ2v) is 6.46. The minimum Gasteiger partial charge on any atom is -0.492 e. The predicted molar refractivity (Wildman–Crippen MR) is 80.2 cm³/mol. The van der Waals surface area contributed by atoms with Gasteiger partial charge in [-0.3, -0.25) is 4.68 Å². The Morgan fingerprint density at radius 3 is 2.62 bits per heavy atom. The Hall–Kier alpha value is -2.06. The fourth-order valence-corrected chi connectivity index (χ4v) is 2.46. The lowest BCUT2D eigenvalue weighted by Crippen LogP contribution is -2.28. The smallest absolute Gasteiger partial charge is 0.215 e. The summed E-state index contributed by atoms with van der Waals surface area (Å²) < 4.78 is 33.1. The van der Waals surface area contributed by atoms with Gasteiger partial charge < -0.3 is 10.5 Å². The number of hydrogen-bond donors (Lipinski definition) is 2. The van der Waals surface area contributed by atoms with Gasteiger partial charge in [0.15, 0.2) is 0 Å². The summed E-state index contributed by atoms with van der Waals surface area (Å²) in [5, 5.41) is 4.10. The number of anilines is 1. The molecule has 0 saturated carbocycles. The predicted octanol–water partition coefficient (Wildman–Crippen LogP) is 0.501. The quantitative estimate of drug-likeness (QED) is 0.726. The molecule has 0 unspecified atom stereocenters. The van der Waals surface area contributed by atoms with Crippen LogP contribution in [0.1, 0.15) is 5.69 Å². The highest BCUT2D eigenvalue weighted by Gasteiger charge is 2.11. The van der Waals surface area contributed by atoms with Crippen LogP contribution in [0.25, 0.3) is 0 Å². The van der Waals surface area contributed by atoms with Crippen molar-refractivity contribution in [1.29, 1.82) is 0 Å². The van der Waals surface area contributed by atoms with E-state index in [9.17, 15) is 8.42 Å². The molecule has 21 heavy (non-hydrogen) atoms. The number of sulfonamides is 1. The number of rotatable bonds is 7. The van der Waals surface area contributed by atoms with E-state index in [0.29, 0.717) is 17.1 Å². The summed E-state index contributed by atoms with van der Waals surface area (Å²) in [5.41, 5.74) is 6.85. The molecule has 114 valence electrons. The lowest BCUT2D eigenvalue weighted by atomic mass is 10.3. The van der Waals surface area contributed by atoms with E-state index in [4.69, 9.17) is 10.5 Å². The molecular formula is C13H18N4O3S. The van der Waals surface area contributed by atoms with Gasteiger partial charge in [0.2, 0.25) is 10.0 Å². The SMILES string of the molecule is Cn1ccc(CNS(=O)(=O)CCOc2ccc(N)cc2)n1. The van der Waals surface area contributed by atoms with Gasteiger partial charge in [-0.05, 0) is 30.3 Å². The number of nitrogens with zero attached hydrogens (tertiary/aromatic N) is 2. The number of nitrogen functional groups attached to an aromatic ring is 1. The average molecular weight is 310 g/mol. The second-order valence-electron chi connectivity index (χ2n) is 4.54. The summed E-state index contributed by atoms with van der Waals surface area (Å²) >= 11 is 0. The van der Waals surface area contributed by atoms with E-state index in [0.717, 1.165) is 0 Å². The summed E-state index contributed by atoms with van der Waals surface area (Å²) in [6.45, 7) is 0.243. The number of benzene rings is 1. The number of ether oxygens (including phenoxy) is 1. The first kappa shape index (κ1) is 15.3. The van der Waals surface area contributed by atoms with E-state index in [1.807, 2.05) is 0 Å². The number of aryl methyl sites for hydroxylation is 1. The van der Waals surface area contributed by atoms with Gasteiger partial charge in [0, 0.05) is 18.9 Å². The first-order valence-corrected chi connectivity index (χ1v) is 8.04. The van der Waals surface area contributed by atoms with Crippen molar-refractivity contribution in [1.82, 2.24) is 14.5 Å². The Morgan fingerprint density at radius 1 is 1.29 bits per heavy atom. The van der Waals surface area contributed by atoms with Crippen molar-refractivity contribution in [2.75, 3.05) is 18.1 Å². The van der Waals surface area contributed by atoms with Gasteiger partial charge in [-0.25, -0.2) is 13.1 Å². The molecule has 3 N–H and O–H groups in total. The molecule has 0 aliphatic carbocycles. The maximum atomic E-state index is 11.8. The number of aromatic nitrogens is 2. The number of nitrogens with one attached hydrogen (secondary N) is 1. The summed E-state index contributed by atoms with van der Waals surface area (Å²) in [6, 6.07) is 8.55. The van der Waals surface area contributed by atoms with Gasteiger partial charge in [0.25, 0.3) is 0 Å². The maximum absolute atomic E-state index is 11.8. The monoisotopic (exact) mass is 310 g/mol. The van der Waals surface area contributed by atoms with E-state index in [-0.39, 0.29) is 18.9 Å². The van der Waals surface area contributed by atoms with Gasteiger partial charge in [-0.15, -0.1) is 0 Å². The third-order valence-electron chi connectivity index (χ3n) is 2.74. The Balaban J connectivity index is 1.77. The molecule has 8 heteroatoms. The summed E-state index contributed by atoms with van der Waals surface area (Å²) in [6.07, 6.45) is 1.76. The van der Waals surface area contributed by atoms with E-state index >= 15 is 0 Å². The summed E-state index contributed by atoms with van der Waals surface area (Å²) in [4.78, 5) is 0. The van der Waals surface area contributed by atoms with Crippen LogP contribution in [0.4, 0.5) is 5.69 Å². The molecule has 0 aliphatic heterocycles. The molecule has 2 rings (SSSR count). The van der Waals surface area contributed by atoms with Crippen molar-refractivity contribution in [3.05, 3.63) is 42.2 Å². The van der Waals surface area contributed by atoms with Crippen LogP contribution in [0.15, 0.2) is 36.5 Å². The van der Waals surface area contributed by atoms with Crippen LogP contribution in [0, 0.1) is 0 Å². The number of hydrogen-bond acceptors (Lipinski definition) is 5. The minimum atomic E-state index is -3.40. The normalized spacial score (nSPS) is 11.5. The van der Waals surface area contributed by atoms with Crippen LogP contribution in [-0.4, -0.2) is 30.6 Å². The molecule has 0 radical (unpaired) electrons. The van der Waals surface area contributed by atoms with E-state index in [1.54, 1.807) is 48.3 Å².